The zero-order valence-corrected chi connectivity index (χ0v) is 12.8. The van der Waals surface area contributed by atoms with Gasteiger partial charge in [-0.25, -0.2) is 0 Å². The minimum Gasteiger partial charge on any atom is -0.345 e. The van der Waals surface area contributed by atoms with Gasteiger partial charge in [0, 0.05) is 17.1 Å². The van der Waals surface area contributed by atoms with Crippen LogP contribution >= 0.6 is 24.0 Å². The smallest absolute Gasteiger partial charge is 0.251 e. The molecule has 19 heavy (non-hydrogen) atoms. The fourth-order valence-corrected chi connectivity index (χ4v) is 2.29. The average molecular weight is 303 g/mol. The molecular formula is C14H20Cl2N2O. The van der Waals surface area contributed by atoms with E-state index in [9.17, 15) is 4.79 Å². The zero-order valence-electron chi connectivity index (χ0n) is 11.2. The maximum absolute atomic E-state index is 12.2. The predicted octanol–water partition coefficient (Wildman–Crippen LogP) is 2.93. The molecule has 1 aliphatic rings. The Hall–Kier alpha value is -0.770. The molecule has 1 fully saturated rings. The van der Waals surface area contributed by atoms with Crippen molar-refractivity contribution in [2.24, 2.45) is 11.7 Å². The number of rotatable bonds is 4. The van der Waals surface area contributed by atoms with Gasteiger partial charge < -0.3 is 11.1 Å². The molecule has 1 amide bonds. The Balaban J connectivity index is 0.00000180. The second-order valence-corrected chi connectivity index (χ2v) is 5.72. The third-order valence-electron chi connectivity index (χ3n) is 3.74. The van der Waals surface area contributed by atoms with Crippen molar-refractivity contribution in [1.82, 2.24) is 5.32 Å². The third-order valence-corrected chi connectivity index (χ3v) is 4.14. The van der Waals surface area contributed by atoms with Crippen molar-refractivity contribution in [2.75, 3.05) is 6.54 Å². The van der Waals surface area contributed by atoms with Crippen LogP contribution in [0.15, 0.2) is 18.2 Å². The van der Waals surface area contributed by atoms with Crippen LogP contribution in [-0.4, -0.2) is 18.0 Å². The van der Waals surface area contributed by atoms with Gasteiger partial charge in [-0.3, -0.25) is 4.79 Å². The lowest BCUT2D eigenvalue weighted by atomic mass is 9.95. The van der Waals surface area contributed by atoms with Crippen LogP contribution in [0.3, 0.4) is 0 Å². The van der Waals surface area contributed by atoms with Gasteiger partial charge in [0.2, 0.25) is 0 Å². The molecule has 0 aromatic heterocycles. The number of hydrogen-bond acceptors (Lipinski definition) is 2. The molecule has 0 aliphatic heterocycles. The summed E-state index contributed by atoms with van der Waals surface area (Å²) in [5.41, 5.74) is 7.05. The molecule has 0 saturated heterocycles. The number of nitrogens with two attached hydrogens (primary N) is 1. The molecule has 3 N–H and O–H groups in total. The number of amides is 1. The first kappa shape index (κ1) is 16.3. The largest absolute Gasteiger partial charge is 0.345 e. The molecule has 3 nitrogen and oxygen atoms in total. The molecule has 0 bridgehead atoms. The van der Waals surface area contributed by atoms with Crippen molar-refractivity contribution in [3.05, 3.63) is 34.3 Å². The second-order valence-electron chi connectivity index (χ2n) is 5.31. The third kappa shape index (κ3) is 3.62. The van der Waals surface area contributed by atoms with Crippen LogP contribution in [0, 0.1) is 12.8 Å². The van der Waals surface area contributed by atoms with Crippen LogP contribution in [0.4, 0.5) is 0 Å². The van der Waals surface area contributed by atoms with E-state index < -0.39 is 0 Å². The van der Waals surface area contributed by atoms with Crippen LogP contribution in [0.1, 0.15) is 35.7 Å². The molecule has 1 atom stereocenters. The van der Waals surface area contributed by atoms with Gasteiger partial charge in [-0.2, -0.15) is 0 Å². The van der Waals surface area contributed by atoms with Crippen molar-refractivity contribution >= 4 is 29.9 Å². The highest BCUT2D eigenvalue weighted by molar-refractivity contribution is 6.31. The highest BCUT2D eigenvalue weighted by atomic mass is 35.5. The highest BCUT2D eigenvalue weighted by Gasteiger charge is 2.41. The molecule has 1 aromatic rings. The summed E-state index contributed by atoms with van der Waals surface area (Å²) in [7, 11) is 0. The maximum Gasteiger partial charge on any atom is 0.251 e. The van der Waals surface area contributed by atoms with E-state index in [1.807, 2.05) is 19.9 Å². The standard InChI is InChI=1S/C14H19ClN2O.ClH/c1-9-3-4-10(7-12(9)15)13(18)17-14(2,8-16)11-5-6-11;/h3-4,7,11H,5-6,8,16H2,1-2H3,(H,17,18);1H. The molecule has 5 heteroatoms. The van der Waals surface area contributed by atoms with Crippen molar-refractivity contribution < 1.29 is 4.79 Å². The lowest BCUT2D eigenvalue weighted by molar-refractivity contribution is 0.0898. The van der Waals surface area contributed by atoms with Gasteiger partial charge in [0.05, 0.1) is 5.54 Å². The maximum atomic E-state index is 12.2. The summed E-state index contributed by atoms with van der Waals surface area (Å²) in [6.45, 7) is 4.39. The normalized spacial score (nSPS) is 17.3. The van der Waals surface area contributed by atoms with Gasteiger partial charge in [-0.1, -0.05) is 17.7 Å². The first-order valence-corrected chi connectivity index (χ1v) is 6.63. The summed E-state index contributed by atoms with van der Waals surface area (Å²) in [5.74, 6) is 0.407. The first-order chi connectivity index (χ1) is 8.46. The van der Waals surface area contributed by atoms with Crippen LogP contribution in [0.25, 0.3) is 0 Å². The summed E-state index contributed by atoms with van der Waals surface area (Å²) in [6.07, 6.45) is 2.28. The lowest BCUT2D eigenvalue weighted by Gasteiger charge is -2.29. The van der Waals surface area contributed by atoms with E-state index in [1.54, 1.807) is 12.1 Å². The minimum absolute atomic E-state index is 0. The Morgan fingerprint density at radius 3 is 2.63 bits per heavy atom. The number of nitrogens with one attached hydrogen (secondary N) is 1. The summed E-state index contributed by atoms with van der Waals surface area (Å²) in [5, 5.41) is 3.66. The fraction of sp³-hybridized carbons (Fsp3) is 0.500. The SMILES string of the molecule is Cc1ccc(C(=O)NC(C)(CN)C2CC2)cc1Cl.Cl. The van der Waals surface area contributed by atoms with E-state index in [0.29, 0.717) is 23.0 Å². The summed E-state index contributed by atoms with van der Waals surface area (Å²) in [6, 6.07) is 5.35. The predicted molar refractivity (Wildman–Crippen MR) is 81.1 cm³/mol. The van der Waals surface area contributed by atoms with Gasteiger partial charge in [0.25, 0.3) is 5.91 Å². The van der Waals surface area contributed by atoms with Gasteiger partial charge in [-0.15, -0.1) is 12.4 Å². The Morgan fingerprint density at radius 1 is 1.53 bits per heavy atom. The van der Waals surface area contributed by atoms with E-state index in [-0.39, 0.29) is 23.9 Å². The van der Waals surface area contributed by atoms with Crippen LogP contribution in [0.5, 0.6) is 0 Å². The van der Waals surface area contributed by atoms with Crippen molar-refractivity contribution in [3.63, 3.8) is 0 Å². The Morgan fingerprint density at radius 2 is 2.16 bits per heavy atom. The first-order valence-electron chi connectivity index (χ1n) is 6.25. The van der Waals surface area contributed by atoms with Gasteiger partial charge >= 0.3 is 0 Å². The summed E-state index contributed by atoms with van der Waals surface area (Å²) >= 11 is 6.03. The van der Waals surface area contributed by atoms with E-state index in [0.717, 1.165) is 18.4 Å². The highest BCUT2D eigenvalue weighted by Crippen LogP contribution is 2.39. The van der Waals surface area contributed by atoms with Crippen LogP contribution in [-0.2, 0) is 0 Å². The van der Waals surface area contributed by atoms with Crippen molar-refractivity contribution in [2.45, 2.75) is 32.2 Å². The number of carbonyl (C=O) groups excluding carboxylic acids is 1. The molecule has 1 aromatic carbocycles. The van der Waals surface area contributed by atoms with Crippen LogP contribution < -0.4 is 11.1 Å². The van der Waals surface area contributed by atoms with Crippen LogP contribution in [0.2, 0.25) is 5.02 Å². The van der Waals surface area contributed by atoms with Crippen molar-refractivity contribution in [3.8, 4) is 0 Å². The number of aryl methyl sites for hydroxylation is 1. The Kier molecular flexibility index (Phi) is 5.25. The summed E-state index contributed by atoms with van der Waals surface area (Å²) < 4.78 is 0. The zero-order chi connectivity index (χ0) is 13.3. The van der Waals surface area contributed by atoms with E-state index in [4.69, 9.17) is 17.3 Å². The van der Waals surface area contributed by atoms with Gasteiger partial charge in [0.1, 0.15) is 0 Å². The van der Waals surface area contributed by atoms with E-state index >= 15 is 0 Å². The molecule has 106 valence electrons. The lowest BCUT2D eigenvalue weighted by Crippen LogP contribution is -2.53. The monoisotopic (exact) mass is 302 g/mol. The summed E-state index contributed by atoms with van der Waals surface area (Å²) in [4.78, 5) is 12.2. The second kappa shape index (κ2) is 6.12. The molecule has 1 aliphatic carbocycles. The van der Waals surface area contributed by atoms with E-state index in [1.165, 1.54) is 0 Å². The molecule has 0 radical (unpaired) electrons. The Labute approximate surface area is 125 Å². The molecule has 0 heterocycles. The fourth-order valence-electron chi connectivity index (χ4n) is 2.11. The minimum atomic E-state index is -0.297. The van der Waals surface area contributed by atoms with Crippen molar-refractivity contribution in [1.29, 1.82) is 0 Å². The molecule has 0 spiro atoms. The number of carbonyl (C=O) groups is 1. The average Bonchev–Trinajstić information content (AvgIpc) is 3.16. The molecule has 1 unspecified atom stereocenters. The van der Waals surface area contributed by atoms with Gasteiger partial charge in [0.15, 0.2) is 0 Å². The molecule has 2 rings (SSSR count). The number of hydrogen-bond donors (Lipinski definition) is 2. The van der Waals surface area contributed by atoms with Gasteiger partial charge in [-0.05, 0) is 50.3 Å². The quantitative estimate of drug-likeness (QED) is 0.898. The van der Waals surface area contributed by atoms with E-state index in [2.05, 4.69) is 5.32 Å². The number of halogens is 2. The topological polar surface area (TPSA) is 55.1 Å². The molecule has 1 saturated carbocycles. The Bertz CT molecular complexity index is 475. The molecular weight excluding hydrogens is 283 g/mol. The number of benzene rings is 1.